The highest BCUT2D eigenvalue weighted by atomic mass is 35.5. The normalized spacial score (nSPS) is 26.7. The minimum absolute atomic E-state index is 0.0464. The molecule has 1 saturated heterocycles. The Labute approximate surface area is 130 Å². The Morgan fingerprint density at radius 3 is 2.71 bits per heavy atom. The van der Waals surface area contributed by atoms with Crippen molar-refractivity contribution in [2.75, 3.05) is 13.2 Å². The molecule has 2 aliphatic rings. The summed E-state index contributed by atoms with van der Waals surface area (Å²) in [5, 5.41) is 0.303. The Hall–Kier alpha value is -0.620. The molecule has 4 nitrogen and oxygen atoms in total. The zero-order valence-electron chi connectivity index (χ0n) is 11.8. The number of hydrogen-bond acceptors (Lipinski definition) is 3. The first-order chi connectivity index (χ1) is 10.1. The highest BCUT2D eigenvalue weighted by Crippen LogP contribution is 2.29. The molecule has 1 aliphatic carbocycles. The molecule has 1 N–H and O–H groups in total. The molecule has 1 aromatic carbocycles. The lowest BCUT2D eigenvalue weighted by Crippen LogP contribution is -2.45. The van der Waals surface area contributed by atoms with Gasteiger partial charge in [0.1, 0.15) is 0 Å². The molecule has 6 heteroatoms. The van der Waals surface area contributed by atoms with E-state index in [2.05, 4.69) is 4.72 Å². The topological polar surface area (TPSA) is 55.4 Å². The molecule has 0 aromatic heterocycles. The Kier molecular flexibility index (Phi) is 4.54. The van der Waals surface area contributed by atoms with Gasteiger partial charge in [-0.05, 0) is 37.3 Å². The summed E-state index contributed by atoms with van der Waals surface area (Å²) in [6.45, 7) is 0.983. The van der Waals surface area contributed by atoms with Gasteiger partial charge in [0, 0.05) is 23.6 Å². The first-order valence-corrected chi connectivity index (χ1v) is 9.31. The Morgan fingerprint density at radius 1 is 1.24 bits per heavy atom. The van der Waals surface area contributed by atoms with E-state index in [9.17, 15) is 8.42 Å². The van der Waals surface area contributed by atoms with E-state index >= 15 is 0 Å². The number of benzene rings is 1. The molecule has 1 saturated carbocycles. The van der Waals surface area contributed by atoms with E-state index in [1.807, 2.05) is 24.3 Å². The van der Waals surface area contributed by atoms with Crippen LogP contribution in [0.2, 0.25) is 5.02 Å². The lowest BCUT2D eigenvalue weighted by molar-refractivity contribution is 0.0570. The molecular weight excluding hydrogens is 310 g/mol. The standard InChI is InChI=1S/C15H20ClNO3S/c16-14-4-2-1-3-11(14)9-12-10-20-8-7-15(12)21(18,19)17-13-5-6-13/h1-4,12-13,15,17H,5-10H2/t12-,15-/m1/s1. The van der Waals surface area contributed by atoms with Crippen LogP contribution in [0.15, 0.2) is 24.3 Å². The quantitative estimate of drug-likeness (QED) is 0.902. The molecule has 0 unspecified atom stereocenters. The van der Waals surface area contributed by atoms with Gasteiger partial charge in [0.05, 0.1) is 11.9 Å². The minimum Gasteiger partial charge on any atom is -0.381 e. The van der Waals surface area contributed by atoms with Crippen molar-refractivity contribution in [2.24, 2.45) is 5.92 Å². The lowest BCUT2D eigenvalue weighted by atomic mass is 9.93. The zero-order chi connectivity index (χ0) is 14.9. The molecule has 0 amide bonds. The van der Waals surface area contributed by atoms with Gasteiger partial charge in [0.2, 0.25) is 10.0 Å². The van der Waals surface area contributed by atoms with E-state index in [0.29, 0.717) is 31.1 Å². The first-order valence-electron chi connectivity index (χ1n) is 7.38. The van der Waals surface area contributed by atoms with Crippen LogP contribution in [-0.4, -0.2) is 32.9 Å². The van der Waals surface area contributed by atoms with E-state index < -0.39 is 10.0 Å². The molecular formula is C15H20ClNO3S. The fraction of sp³-hybridized carbons (Fsp3) is 0.600. The summed E-state index contributed by atoms with van der Waals surface area (Å²) < 4.78 is 33.4. The van der Waals surface area contributed by atoms with Crippen molar-refractivity contribution in [3.63, 3.8) is 0 Å². The van der Waals surface area contributed by atoms with E-state index in [1.54, 1.807) is 0 Å². The number of halogens is 1. The third-order valence-electron chi connectivity index (χ3n) is 4.15. The van der Waals surface area contributed by atoms with Gasteiger partial charge in [-0.3, -0.25) is 0 Å². The predicted octanol–water partition coefficient (Wildman–Crippen LogP) is 2.37. The van der Waals surface area contributed by atoms with E-state index in [1.165, 1.54) is 0 Å². The van der Waals surface area contributed by atoms with Crippen molar-refractivity contribution in [2.45, 2.75) is 37.0 Å². The van der Waals surface area contributed by atoms with Gasteiger partial charge in [-0.25, -0.2) is 13.1 Å². The van der Waals surface area contributed by atoms with E-state index in [0.717, 1.165) is 18.4 Å². The van der Waals surface area contributed by atoms with Crippen molar-refractivity contribution in [1.29, 1.82) is 0 Å². The molecule has 0 bridgehead atoms. The van der Waals surface area contributed by atoms with Crippen LogP contribution < -0.4 is 4.72 Å². The summed E-state index contributed by atoms with van der Waals surface area (Å²) in [5.41, 5.74) is 0.987. The molecule has 0 radical (unpaired) electrons. The summed E-state index contributed by atoms with van der Waals surface area (Å²) >= 11 is 6.19. The highest BCUT2D eigenvalue weighted by Gasteiger charge is 2.39. The number of nitrogens with one attached hydrogen (secondary N) is 1. The van der Waals surface area contributed by atoms with Crippen LogP contribution in [0.25, 0.3) is 0 Å². The maximum atomic E-state index is 12.5. The SMILES string of the molecule is O=S(=O)(NC1CC1)[C@@H]1CCOC[C@H]1Cc1ccccc1Cl. The molecule has 1 aliphatic heterocycles. The predicted molar refractivity (Wildman–Crippen MR) is 82.9 cm³/mol. The minimum atomic E-state index is -3.28. The first kappa shape index (κ1) is 15.3. The van der Waals surface area contributed by atoms with Gasteiger partial charge in [0.15, 0.2) is 0 Å². The van der Waals surface area contributed by atoms with Crippen LogP contribution in [0.1, 0.15) is 24.8 Å². The third-order valence-corrected chi connectivity index (χ3v) is 6.60. The summed E-state index contributed by atoms with van der Waals surface area (Å²) in [4.78, 5) is 0. The molecule has 1 aromatic rings. The van der Waals surface area contributed by atoms with E-state index in [-0.39, 0.29) is 17.2 Å². The van der Waals surface area contributed by atoms with Crippen molar-refractivity contribution in [1.82, 2.24) is 4.72 Å². The van der Waals surface area contributed by atoms with E-state index in [4.69, 9.17) is 16.3 Å². The highest BCUT2D eigenvalue weighted by molar-refractivity contribution is 7.90. The smallest absolute Gasteiger partial charge is 0.215 e. The molecule has 0 spiro atoms. The summed E-state index contributed by atoms with van der Waals surface area (Å²) in [7, 11) is -3.28. The van der Waals surface area contributed by atoms with Crippen molar-refractivity contribution in [3.8, 4) is 0 Å². The Balaban J connectivity index is 1.76. The van der Waals surface area contributed by atoms with Crippen molar-refractivity contribution < 1.29 is 13.2 Å². The Bertz CT molecular complexity index is 601. The van der Waals surface area contributed by atoms with Crippen LogP contribution in [0.5, 0.6) is 0 Å². The second kappa shape index (κ2) is 6.24. The second-order valence-electron chi connectivity index (χ2n) is 5.89. The molecule has 116 valence electrons. The summed E-state index contributed by atoms with van der Waals surface area (Å²) in [5.74, 6) is -0.0464. The zero-order valence-corrected chi connectivity index (χ0v) is 13.4. The molecule has 1 heterocycles. The van der Waals surface area contributed by atoms with Gasteiger partial charge in [-0.1, -0.05) is 29.8 Å². The van der Waals surface area contributed by atoms with Crippen LogP contribution in [-0.2, 0) is 21.2 Å². The number of hydrogen-bond donors (Lipinski definition) is 1. The van der Waals surface area contributed by atoms with Gasteiger partial charge < -0.3 is 4.74 Å². The fourth-order valence-electron chi connectivity index (χ4n) is 2.84. The number of sulfonamides is 1. The van der Waals surface area contributed by atoms with Crippen LogP contribution >= 0.6 is 11.6 Å². The van der Waals surface area contributed by atoms with Crippen LogP contribution in [0.4, 0.5) is 0 Å². The second-order valence-corrected chi connectivity index (χ2v) is 8.23. The summed E-state index contributed by atoms with van der Waals surface area (Å²) in [6, 6.07) is 7.75. The average molecular weight is 330 g/mol. The molecule has 2 atom stereocenters. The van der Waals surface area contributed by atoms with Crippen LogP contribution in [0, 0.1) is 5.92 Å². The van der Waals surface area contributed by atoms with Crippen molar-refractivity contribution >= 4 is 21.6 Å². The van der Waals surface area contributed by atoms with Gasteiger partial charge in [0.25, 0.3) is 0 Å². The molecule has 3 rings (SSSR count). The average Bonchev–Trinajstić information content (AvgIpc) is 3.25. The van der Waals surface area contributed by atoms with Crippen molar-refractivity contribution in [3.05, 3.63) is 34.9 Å². The largest absolute Gasteiger partial charge is 0.381 e. The maximum Gasteiger partial charge on any atom is 0.215 e. The Morgan fingerprint density at radius 2 is 2.00 bits per heavy atom. The molecule has 2 fully saturated rings. The maximum absolute atomic E-state index is 12.5. The fourth-order valence-corrected chi connectivity index (χ4v) is 5.02. The lowest BCUT2D eigenvalue weighted by Gasteiger charge is -2.31. The van der Waals surface area contributed by atoms with Gasteiger partial charge in [-0.15, -0.1) is 0 Å². The summed E-state index contributed by atoms with van der Waals surface area (Å²) in [6.07, 6.45) is 3.10. The molecule has 21 heavy (non-hydrogen) atoms. The van der Waals surface area contributed by atoms with Gasteiger partial charge in [-0.2, -0.15) is 0 Å². The number of ether oxygens (including phenoxy) is 1. The number of rotatable bonds is 5. The van der Waals surface area contributed by atoms with Gasteiger partial charge >= 0.3 is 0 Å². The third kappa shape index (κ3) is 3.77. The van der Waals surface area contributed by atoms with Crippen LogP contribution in [0.3, 0.4) is 0 Å². The monoisotopic (exact) mass is 329 g/mol.